The number of esters is 1. The lowest BCUT2D eigenvalue weighted by molar-refractivity contribution is -0.144. The Labute approximate surface area is 197 Å². The van der Waals surface area contributed by atoms with E-state index in [0.717, 1.165) is 31.2 Å². The SMILES string of the molecule is CCOC(=O)CC1CCC(c2ccc(C(=O)Nc3nnc(Cc4ccc(F)cc4)o3)cc2)CC1. The summed E-state index contributed by atoms with van der Waals surface area (Å²) in [5.41, 5.74) is 2.52. The average Bonchev–Trinajstić information content (AvgIpc) is 3.28. The maximum atomic E-state index is 13.0. The molecule has 1 aliphatic carbocycles. The molecule has 3 aromatic rings. The minimum atomic E-state index is -0.332. The number of benzene rings is 2. The van der Waals surface area contributed by atoms with E-state index in [1.165, 1.54) is 17.7 Å². The van der Waals surface area contributed by atoms with E-state index >= 15 is 0 Å². The van der Waals surface area contributed by atoms with Crippen molar-refractivity contribution in [3.8, 4) is 0 Å². The number of anilines is 1. The lowest BCUT2D eigenvalue weighted by Gasteiger charge is -2.28. The molecule has 0 spiro atoms. The second-order valence-electron chi connectivity index (χ2n) is 8.61. The normalized spacial score (nSPS) is 17.8. The molecule has 2 aromatic carbocycles. The van der Waals surface area contributed by atoms with Crippen molar-refractivity contribution in [3.05, 3.63) is 76.9 Å². The van der Waals surface area contributed by atoms with Crippen LogP contribution in [0.5, 0.6) is 0 Å². The molecule has 0 bridgehead atoms. The van der Waals surface area contributed by atoms with Gasteiger partial charge in [-0.3, -0.25) is 14.9 Å². The Morgan fingerprint density at radius 2 is 1.74 bits per heavy atom. The first-order valence-corrected chi connectivity index (χ1v) is 11.6. The van der Waals surface area contributed by atoms with Crippen LogP contribution in [0.15, 0.2) is 52.9 Å². The highest BCUT2D eigenvalue weighted by atomic mass is 19.1. The third-order valence-electron chi connectivity index (χ3n) is 6.21. The molecule has 178 valence electrons. The summed E-state index contributed by atoms with van der Waals surface area (Å²) in [6, 6.07) is 13.6. The maximum absolute atomic E-state index is 13.0. The molecule has 1 saturated carbocycles. The monoisotopic (exact) mass is 465 g/mol. The van der Waals surface area contributed by atoms with E-state index in [2.05, 4.69) is 15.5 Å². The number of carbonyl (C=O) groups excluding carboxylic acids is 2. The molecule has 0 aliphatic heterocycles. The molecule has 0 atom stereocenters. The predicted octanol–water partition coefficient (Wildman–Crippen LogP) is 5.28. The van der Waals surface area contributed by atoms with Crippen LogP contribution in [0.4, 0.5) is 10.4 Å². The Kier molecular flexibility index (Phi) is 7.67. The summed E-state index contributed by atoms with van der Waals surface area (Å²) in [5, 5.41) is 10.4. The second-order valence-corrected chi connectivity index (χ2v) is 8.61. The number of halogens is 1. The van der Waals surface area contributed by atoms with E-state index in [0.29, 0.717) is 42.7 Å². The first-order chi connectivity index (χ1) is 16.5. The van der Waals surface area contributed by atoms with Crippen molar-refractivity contribution in [2.24, 2.45) is 5.92 Å². The number of nitrogens with one attached hydrogen (secondary N) is 1. The molecule has 0 radical (unpaired) electrons. The largest absolute Gasteiger partial charge is 0.466 e. The Balaban J connectivity index is 1.28. The highest BCUT2D eigenvalue weighted by Gasteiger charge is 2.24. The van der Waals surface area contributed by atoms with E-state index in [1.807, 2.05) is 19.1 Å². The van der Waals surface area contributed by atoms with Crippen LogP contribution in [0, 0.1) is 11.7 Å². The van der Waals surface area contributed by atoms with Crippen LogP contribution in [0.2, 0.25) is 0 Å². The molecule has 1 fully saturated rings. The number of rotatable bonds is 8. The number of aromatic nitrogens is 2. The van der Waals surface area contributed by atoms with Gasteiger partial charge in [-0.25, -0.2) is 4.39 Å². The van der Waals surface area contributed by atoms with Gasteiger partial charge in [0.2, 0.25) is 5.89 Å². The molecule has 8 heteroatoms. The summed E-state index contributed by atoms with van der Waals surface area (Å²) >= 11 is 0. The zero-order chi connectivity index (χ0) is 23.9. The third kappa shape index (κ3) is 6.27. The molecule has 1 N–H and O–H groups in total. The van der Waals surface area contributed by atoms with Crippen molar-refractivity contribution in [1.82, 2.24) is 10.2 Å². The number of nitrogens with zero attached hydrogens (tertiary/aromatic N) is 2. The van der Waals surface area contributed by atoms with Gasteiger partial charge in [0.15, 0.2) is 0 Å². The lowest BCUT2D eigenvalue weighted by Crippen LogP contribution is -2.18. The number of ether oxygens (including phenoxy) is 1. The van der Waals surface area contributed by atoms with Gasteiger partial charge in [-0.05, 0) is 79.8 Å². The Morgan fingerprint density at radius 1 is 1.03 bits per heavy atom. The van der Waals surface area contributed by atoms with Crippen molar-refractivity contribution in [3.63, 3.8) is 0 Å². The van der Waals surface area contributed by atoms with E-state index in [4.69, 9.17) is 9.15 Å². The van der Waals surface area contributed by atoms with E-state index < -0.39 is 0 Å². The van der Waals surface area contributed by atoms with Gasteiger partial charge in [-0.1, -0.05) is 29.4 Å². The van der Waals surface area contributed by atoms with Crippen LogP contribution in [0.25, 0.3) is 0 Å². The summed E-state index contributed by atoms with van der Waals surface area (Å²) in [7, 11) is 0. The molecule has 0 unspecified atom stereocenters. The van der Waals surface area contributed by atoms with Crippen LogP contribution in [-0.2, 0) is 16.0 Å². The average molecular weight is 466 g/mol. The minimum absolute atomic E-state index is 0.0195. The lowest BCUT2D eigenvalue weighted by atomic mass is 9.77. The first kappa shape index (κ1) is 23.6. The van der Waals surface area contributed by atoms with E-state index in [-0.39, 0.29) is 23.7 Å². The Morgan fingerprint density at radius 3 is 2.41 bits per heavy atom. The number of hydrogen-bond acceptors (Lipinski definition) is 6. The van der Waals surface area contributed by atoms with Crippen molar-refractivity contribution < 1.29 is 23.1 Å². The van der Waals surface area contributed by atoms with Crippen LogP contribution in [0.1, 0.15) is 72.3 Å². The van der Waals surface area contributed by atoms with Gasteiger partial charge in [0.05, 0.1) is 13.0 Å². The van der Waals surface area contributed by atoms with Crippen LogP contribution in [-0.4, -0.2) is 28.7 Å². The van der Waals surface area contributed by atoms with E-state index in [1.54, 1.807) is 24.3 Å². The molecule has 0 saturated heterocycles. The summed E-state index contributed by atoms with van der Waals surface area (Å²) in [6.45, 7) is 2.26. The summed E-state index contributed by atoms with van der Waals surface area (Å²) in [4.78, 5) is 24.3. The molecule has 7 nitrogen and oxygen atoms in total. The standard InChI is InChI=1S/C26H28FN3O4/c1-2-33-24(31)16-18-3-7-19(8-4-18)20-9-11-21(12-10-20)25(32)28-26-30-29-23(34-26)15-17-5-13-22(27)14-6-17/h5-6,9-14,18-19H,2-4,7-8,15-16H2,1H3,(H,28,30,32). The van der Waals surface area contributed by atoms with Gasteiger partial charge in [0.1, 0.15) is 5.82 Å². The number of hydrogen-bond donors (Lipinski definition) is 1. The van der Waals surface area contributed by atoms with Gasteiger partial charge in [-0.2, -0.15) is 0 Å². The Hall–Kier alpha value is -3.55. The summed E-state index contributed by atoms with van der Waals surface area (Å²) < 4.78 is 23.6. The molecular weight excluding hydrogens is 437 g/mol. The highest BCUT2D eigenvalue weighted by molar-refractivity contribution is 6.03. The predicted molar refractivity (Wildman–Crippen MR) is 124 cm³/mol. The molecule has 1 amide bonds. The van der Waals surface area contributed by atoms with Crippen molar-refractivity contribution in [2.75, 3.05) is 11.9 Å². The number of carbonyl (C=O) groups is 2. The van der Waals surface area contributed by atoms with Crippen molar-refractivity contribution >= 4 is 17.9 Å². The van der Waals surface area contributed by atoms with Gasteiger partial charge < -0.3 is 9.15 Å². The zero-order valence-electron chi connectivity index (χ0n) is 19.1. The Bertz CT molecular complexity index is 1100. The van der Waals surface area contributed by atoms with Crippen molar-refractivity contribution in [1.29, 1.82) is 0 Å². The molecule has 1 aromatic heterocycles. The third-order valence-corrected chi connectivity index (χ3v) is 6.21. The van der Waals surface area contributed by atoms with Crippen LogP contribution < -0.4 is 5.32 Å². The van der Waals surface area contributed by atoms with Crippen LogP contribution in [0.3, 0.4) is 0 Å². The minimum Gasteiger partial charge on any atom is -0.466 e. The highest BCUT2D eigenvalue weighted by Crippen LogP contribution is 2.37. The topological polar surface area (TPSA) is 94.3 Å². The van der Waals surface area contributed by atoms with Gasteiger partial charge in [0.25, 0.3) is 5.91 Å². The molecular formula is C26H28FN3O4. The van der Waals surface area contributed by atoms with Gasteiger partial charge >= 0.3 is 12.0 Å². The number of amides is 1. The molecule has 4 rings (SSSR count). The fourth-order valence-electron chi connectivity index (χ4n) is 4.38. The molecule has 34 heavy (non-hydrogen) atoms. The summed E-state index contributed by atoms with van der Waals surface area (Å²) in [5.74, 6) is 0.404. The van der Waals surface area contributed by atoms with E-state index in [9.17, 15) is 14.0 Å². The fourth-order valence-corrected chi connectivity index (χ4v) is 4.38. The molecule has 1 heterocycles. The van der Waals surface area contributed by atoms with Crippen molar-refractivity contribution in [2.45, 2.75) is 51.4 Å². The fraction of sp³-hybridized carbons (Fsp3) is 0.385. The van der Waals surface area contributed by atoms with Gasteiger partial charge in [0, 0.05) is 12.0 Å². The van der Waals surface area contributed by atoms with Gasteiger partial charge in [-0.15, -0.1) is 5.10 Å². The maximum Gasteiger partial charge on any atom is 0.322 e. The molecule has 1 aliphatic rings. The smallest absolute Gasteiger partial charge is 0.322 e. The first-order valence-electron chi connectivity index (χ1n) is 11.6. The van der Waals surface area contributed by atoms with Crippen LogP contribution >= 0.6 is 0 Å². The summed E-state index contributed by atoms with van der Waals surface area (Å²) in [6.07, 6.45) is 4.90. The second kappa shape index (κ2) is 11.0. The zero-order valence-corrected chi connectivity index (χ0v) is 19.1. The quantitative estimate of drug-likeness (QED) is 0.455.